The van der Waals surface area contributed by atoms with Crippen LogP contribution >= 0.6 is 11.3 Å². The topological polar surface area (TPSA) is 37.8 Å². The quantitative estimate of drug-likeness (QED) is 0.912. The van der Waals surface area contributed by atoms with Crippen LogP contribution in [0.15, 0.2) is 0 Å². The van der Waals surface area contributed by atoms with Gasteiger partial charge in [0, 0.05) is 5.92 Å². The minimum atomic E-state index is 0.331. The number of hydrogen-bond acceptors (Lipinski definition) is 4. The van der Waals surface area contributed by atoms with E-state index in [1.165, 1.54) is 50.0 Å². The third kappa shape index (κ3) is 2.84. The first kappa shape index (κ1) is 13.5. The van der Waals surface area contributed by atoms with Gasteiger partial charge in [-0.3, -0.25) is 0 Å². The molecular weight excluding hydrogens is 254 g/mol. The van der Waals surface area contributed by atoms with Crippen molar-refractivity contribution in [3.63, 3.8) is 0 Å². The molecule has 0 bridgehead atoms. The lowest BCUT2D eigenvalue weighted by Crippen LogP contribution is -2.26. The molecule has 4 heteroatoms. The Kier molecular flexibility index (Phi) is 4.18. The van der Waals surface area contributed by atoms with Crippen LogP contribution in [0.1, 0.15) is 73.8 Å². The molecule has 0 aliphatic heterocycles. The molecule has 0 amide bonds. The summed E-state index contributed by atoms with van der Waals surface area (Å²) in [7, 11) is 1.99. The average molecular weight is 279 g/mol. The number of fused-ring (bicyclic) bond motifs is 1. The van der Waals surface area contributed by atoms with Crippen molar-refractivity contribution in [3.05, 3.63) is 10.0 Å². The number of rotatable bonds is 3. The molecular formula is C15H25N3S. The fourth-order valence-electron chi connectivity index (χ4n) is 3.81. The van der Waals surface area contributed by atoms with Crippen LogP contribution in [0.3, 0.4) is 0 Å². The molecule has 0 spiro atoms. The van der Waals surface area contributed by atoms with Gasteiger partial charge in [0.2, 0.25) is 0 Å². The van der Waals surface area contributed by atoms with Gasteiger partial charge in [-0.15, -0.1) is 10.2 Å². The van der Waals surface area contributed by atoms with E-state index in [-0.39, 0.29) is 0 Å². The lowest BCUT2D eigenvalue weighted by molar-refractivity contribution is 0.155. The van der Waals surface area contributed by atoms with Crippen molar-refractivity contribution in [1.82, 2.24) is 15.5 Å². The van der Waals surface area contributed by atoms with Crippen LogP contribution in [0, 0.1) is 11.8 Å². The van der Waals surface area contributed by atoms with Crippen molar-refractivity contribution in [3.8, 4) is 0 Å². The highest BCUT2D eigenvalue weighted by atomic mass is 32.1. The molecule has 106 valence electrons. The van der Waals surface area contributed by atoms with E-state index in [2.05, 4.69) is 22.4 Å². The predicted octanol–water partition coefficient (Wildman–Crippen LogP) is 3.89. The first-order chi connectivity index (χ1) is 9.28. The van der Waals surface area contributed by atoms with Gasteiger partial charge in [-0.05, 0) is 45.1 Å². The Morgan fingerprint density at radius 3 is 2.68 bits per heavy atom. The summed E-state index contributed by atoms with van der Waals surface area (Å²) >= 11 is 1.83. The predicted molar refractivity (Wildman–Crippen MR) is 79.4 cm³/mol. The van der Waals surface area contributed by atoms with E-state index in [4.69, 9.17) is 0 Å². The molecule has 2 aliphatic rings. The molecule has 4 unspecified atom stereocenters. The van der Waals surface area contributed by atoms with Crippen LogP contribution in [0.2, 0.25) is 0 Å². The second kappa shape index (κ2) is 5.88. The zero-order valence-corrected chi connectivity index (χ0v) is 12.9. The maximum atomic E-state index is 4.48. The number of hydrogen-bond donors (Lipinski definition) is 1. The lowest BCUT2D eigenvalue weighted by atomic mass is 9.68. The third-order valence-electron chi connectivity index (χ3n) is 5.15. The molecule has 0 aromatic carbocycles. The molecule has 4 atom stereocenters. The van der Waals surface area contributed by atoms with Gasteiger partial charge >= 0.3 is 0 Å². The van der Waals surface area contributed by atoms with E-state index in [1.807, 2.05) is 18.4 Å². The summed E-state index contributed by atoms with van der Waals surface area (Å²) in [4.78, 5) is 0. The fourth-order valence-corrected chi connectivity index (χ4v) is 4.86. The minimum Gasteiger partial charge on any atom is -0.311 e. The smallest absolute Gasteiger partial charge is 0.134 e. The Morgan fingerprint density at radius 1 is 1.11 bits per heavy atom. The molecule has 2 saturated carbocycles. The number of nitrogens with zero attached hydrogens (tertiary/aromatic N) is 2. The van der Waals surface area contributed by atoms with Crippen LogP contribution in [-0.2, 0) is 0 Å². The molecule has 3 nitrogen and oxygen atoms in total. The molecule has 1 aromatic rings. The van der Waals surface area contributed by atoms with Crippen LogP contribution in [-0.4, -0.2) is 17.2 Å². The average Bonchev–Trinajstić information content (AvgIpc) is 2.95. The Labute approximate surface area is 120 Å². The van der Waals surface area contributed by atoms with Crippen molar-refractivity contribution in [1.29, 1.82) is 0 Å². The standard InChI is InChI=1S/C15H25N3S/c1-10(16-2)14-17-18-15(19-14)13-8-7-11-5-3-4-6-12(11)9-13/h10-13,16H,3-9H2,1-2H3. The first-order valence-corrected chi connectivity index (χ1v) is 8.60. The van der Waals surface area contributed by atoms with E-state index in [9.17, 15) is 0 Å². The van der Waals surface area contributed by atoms with E-state index < -0.39 is 0 Å². The fraction of sp³-hybridized carbons (Fsp3) is 0.867. The summed E-state index contributed by atoms with van der Waals surface area (Å²) in [6, 6.07) is 0.331. The minimum absolute atomic E-state index is 0.331. The van der Waals surface area contributed by atoms with Crippen molar-refractivity contribution in [2.24, 2.45) is 11.8 Å². The zero-order chi connectivity index (χ0) is 13.2. The van der Waals surface area contributed by atoms with Gasteiger partial charge in [0.15, 0.2) is 0 Å². The Morgan fingerprint density at radius 2 is 1.89 bits per heavy atom. The summed E-state index contributed by atoms with van der Waals surface area (Å²) < 4.78 is 0. The molecule has 3 rings (SSSR count). The van der Waals surface area contributed by atoms with Gasteiger partial charge in [0.05, 0.1) is 6.04 Å². The maximum absolute atomic E-state index is 4.48. The van der Waals surface area contributed by atoms with Gasteiger partial charge < -0.3 is 5.32 Å². The Balaban J connectivity index is 1.67. The van der Waals surface area contributed by atoms with Crippen molar-refractivity contribution >= 4 is 11.3 Å². The highest BCUT2D eigenvalue weighted by Crippen LogP contribution is 2.46. The number of nitrogens with one attached hydrogen (secondary N) is 1. The summed E-state index contributed by atoms with van der Waals surface area (Å²) in [5.41, 5.74) is 0. The summed E-state index contributed by atoms with van der Waals surface area (Å²) in [5.74, 6) is 2.69. The van der Waals surface area contributed by atoms with E-state index in [0.29, 0.717) is 12.0 Å². The molecule has 0 radical (unpaired) electrons. The summed E-state index contributed by atoms with van der Waals surface area (Å²) in [6.45, 7) is 2.16. The molecule has 1 aromatic heterocycles. The molecule has 2 aliphatic carbocycles. The number of aromatic nitrogens is 2. The van der Waals surface area contributed by atoms with Crippen LogP contribution in [0.25, 0.3) is 0 Å². The largest absolute Gasteiger partial charge is 0.311 e. The highest BCUT2D eigenvalue weighted by Gasteiger charge is 2.34. The van der Waals surface area contributed by atoms with Gasteiger partial charge in [0.1, 0.15) is 10.0 Å². The van der Waals surface area contributed by atoms with Gasteiger partial charge in [0.25, 0.3) is 0 Å². The SMILES string of the molecule is CNC(C)c1nnc(C2CCC3CCCCC3C2)s1. The molecule has 2 fully saturated rings. The van der Waals surface area contributed by atoms with E-state index in [0.717, 1.165) is 16.8 Å². The monoisotopic (exact) mass is 279 g/mol. The molecule has 0 saturated heterocycles. The van der Waals surface area contributed by atoms with Crippen LogP contribution < -0.4 is 5.32 Å². The highest BCUT2D eigenvalue weighted by molar-refractivity contribution is 7.11. The maximum Gasteiger partial charge on any atom is 0.134 e. The molecule has 1 N–H and O–H groups in total. The van der Waals surface area contributed by atoms with Crippen LogP contribution in [0.5, 0.6) is 0 Å². The van der Waals surface area contributed by atoms with Crippen molar-refractivity contribution < 1.29 is 0 Å². The third-order valence-corrected chi connectivity index (χ3v) is 6.42. The summed E-state index contributed by atoms with van der Waals surface area (Å²) in [5, 5.41) is 14.5. The summed E-state index contributed by atoms with van der Waals surface area (Å²) in [6.07, 6.45) is 9.98. The first-order valence-electron chi connectivity index (χ1n) is 7.78. The van der Waals surface area contributed by atoms with Gasteiger partial charge in [-0.25, -0.2) is 0 Å². The molecule has 19 heavy (non-hydrogen) atoms. The second-order valence-electron chi connectivity index (χ2n) is 6.30. The van der Waals surface area contributed by atoms with E-state index in [1.54, 1.807) is 0 Å². The second-order valence-corrected chi connectivity index (χ2v) is 7.34. The zero-order valence-electron chi connectivity index (χ0n) is 12.1. The molecule has 1 heterocycles. The normalized spacial score (nSPS) is 32.8. The van der Waals surface area contributed by atoms with Gasteiger partial charge in [-0.2, -0.15) is 0 Å². The van der Waals surface area contributed by atoms with Crippen LogP contribution in [0.4, 0.5) is 0 Å². The Bertz CT molecular complexity index is 417. The van der Waals surface area contributed by atoms with Gasteiger partial charge in [-0.1, -0.05) is 37.0 Å². The van der Waals surface area contributed by atoms with Crippen molar-refractivity contribution in [2.45, 2.75) is 63.8 Å². The lowest BCUT2D eigenvalue weighted by Gasteiger charge is -2.38. The Hall–Kier alpha value is -0.480. The van der Waals surface area contributed by atoms with E-state index >= 15 is 0 Å². The van der Waals surface area contributed by atoms with Crippen molar-refractivity contribution in [2.75, 3.05) is 7.05 Å².